The molecule has 0 amide bonds. The second-order valence-electron chi connectivity index (χ2n) is 3.83. The molecule has 0 unspecified atom stereocenters. The molecule has 0 fully saturated rings. The standard InChI is InChI=1S/C12H6BrN5O2/c13-10-3-9(18(19)20)2-1-8(10)6-17-7-16-11(4-14)12(17)5-15/h1-3,7H,6H2. The van der Waals surface area contributed by atoms with Gasteiger partial charge in [0.15, 0.2) is 11.4 Å². The number of non-ortho nitro benzene ring substituents is 1. The summed E-state index contributed by atoms with van der Waals surface area (Å²) in [6, 6.07) is 8.12. The van der Waals surface area contributed by atoms with Gasteiger partial charge in [-0.15, -0.1) is 0 Å². The van der Waals surface area contributed by atoms with Crippen molar-refractivity contribution in [2.45, 2.75) is 6.54 Å². The number of nitriles is 2. The second kappa shape index (κ2) is 5.51. The van der Waals surface area contributed by atoms with Gasteiger partial charge in [-0.2, -0.15) is 10.5 Å². The molecule has 0 aliphatic carbocycles. The van der Waals surface area contributed by atoms with Crippen molar-refractivity contribution in [1.29, 1.82) is 10.5 Å². The number of aromatic nitrogens is 2. The fourth-order valence-corrected chi connectivity index (χ4v) is 2.15. The highest BCUT2D eigenvalue weighted by molar-refractivity contribution is 9.10. The molecular formula is C12H6BrN5O2. The average Bonchev–Trinajstić information content (AvgIpc) is 2.82. The number of hydrogen-bond acceptors (Lipinski definition) is 5. The van der Waals surface area contributed by atoms with E-state index in [1.165, 1.54) is 23.0 Å². The van der Waals surface area contributed by atoms with E-state index < -0.39 is 4.92 Å². The van der Waals surface area contributed by atoms with E-state index in [4.69, 9.17) is 10.5 Å². The third kappa shape index (κ3) is 2.51. The molecule has 7 nitrogen and oxygen atoms in total. The first-order chi connectivity index (χ1) is 9.56. The zero-order valence-corrected chi connectivity index (χ0v) is 11.5. The van der Waals surface area contributed by atoms with E-state index in [-0.39, 0.29) is 23.6 Å². The van der Waals surface area contributed by atoms with E-state index in [9.17, 15) is 10.1 Å². The summed E-state index contributed by atoms with van der Waals surface area (Å²) in [7, 11) is 0. The van der Waals surface area contributed by atoms with Crippen molar-refractivity contribution in [3.8, 4) is 12.1 Å². The summed E-state index contributed by atoms with van der Waals surface area (Å²) >= 11 is 3.26. The Morgan fingerprint density at radius 3 is 2.70 bits per heavy atom. The minimum atomic E-state index is -0.486. The first-order valence-electron chi connectivity index (χ1n) is 5.35. The van der Waals surface area contributed by atoms with Crippen molar-refractivity contribution >= 4 is 21.6 Å². The molecule has 0 saturated carbocycles. The van der Waals surface area contributed by atoms with Crippen LogP contribution < -0.4 is 0 Å². The summed E-state index contributed by atoms with van der Waals surface area (Å²) in [4.78, 5) is 14.0. The lowest BCUT2D eigenvalue weighted by molar-refractivity contribution is -0.384. The average molecular weight is 332 g/mol. The summed E-state index contributed by atoms with van der Waals surface area (Å²) in [6.45, 7) is 0.288. The summed E-state index contributed by atoms with van der Waals surface area (Å²) in [6.07, 6.45) is 1.39. The minimum absolute atomic E-state index is 0.0236. The van der Waals surface area contributed by atoms with Gasteiger partial charge < -0.3 is 4.57 Å². The molecule has 0 atom stereocenters. The molecule has 0 aliphatic rings. The molecule has 0 saturated heterocycles. The van der Waals surface area contributed by atoms with E-state index in [0.29, 0.717) is 4.47 Å². The van der Waals surface area contributed by atoms with E-state index >= 15 is 0 Å². The van der Waals surface area contributed by atoms with Crippen LogP contribution in [0.5, 0.6) is 0 Å². The predicted octanol–water partition coefficient (Wildman–Crippen LogP) is 2.35. The highest BCUT2D eigenvalue weighted by Gasteiger charge is 2.13. The molecule has 98 valence electrons. The first kappa shape index (κ1) is 13.7. The normalized spacial score (nSPS) is 9.75. The van der Waals surface area contributed by atoms with Crippen molar-refractivity contribution in [3.05, 3.63) is 56.1 Å². The lowest BCUT2D eigenvalue weighted by Gasteiger charge is -2.06. The molecule has 0 radical (unpaired) electrons. The van der Waals surface area contributed by atoms with E-state index in [2.05, 4.69) is 20.9 Å². The predicted molar refractivity (Wildman–Crippen MR) is 71.6 cm³/mol. The Balaban J connectivity index is 2.37. The summed E-state index contributed by atoms with van der Waals surface area (Å²) in [5.74, 6) is 0. The second-order valence-corrected chi connectivity index (χ2v) is 4.68. The van der Waals surface area contributed by atoms with Gasteiger partial charge in [-0.3, -0.25) is 10.1 Å². The van der Waals surface area contributed by atoms with Crippen LogP contribution in [0.1, 0.15) is 17.0 Å². The Morgan fingerprint density at radius 1 is 1.40 bits per heavy atom. The smallest absolute Gasteiger partial charge is 0.270 e. The number of benzene rings is 1. The van der Waals surface area contributed by atoms with Gasteiger partial charge in [0.05, 0.1) is 17.8 Å². The molecule has 1 aromatic heterocycles. The number of hydrogen-bond donors (Lipinski definition) is 0. The Hall–Kier alpha value is -2.71. The maximum atomic E-state index is 10.7. The zero-order valence-electron chi connectivity index (χ0n) is 9.95. The lowest BCUT2D eigenvalue weighted by atomic mass is 10.2. The van der Waals surface area contributed by atoms with Crippen LogP contribution >= 0.6 is 15.9 Å². The number of nitro groups is 1. The van der Waals surface area contributed by atoms with Crippen LogP contribution in [0.15, 0.2) is 29.0 Å². The fourth-order valence-electron chi connectivity index (χ4n) is 1.66. The summed E-state index contributed by atoms with van der Waals surface area (Å²) in [5, 5.41) is 28.5. The molecule has 2 aromatic rings. The summed E-state index contributed by atoms with van der Waals surface area (Å²) < 4.78 is 2.08. The number of halogens is 1. The Labute approximate surface area is 122 Å². The van der Waals surface area contributed by atoms with Gasteiger partial charge in [-0.25, -0.2) is 4.98 Å². The van der Waals surface area contributed by atoms with Crippen LogP contribution in [0, 0.1) is 32.8 Å². The summed E-state index contributed by atoms with van der Waals surface area (Å²) in [5.41, 5.74) is 0.946. The first-order valence-corrected chi connectivity index (χ1v) is 6.14. The van der Waals surface area contributed by atoms with Gasteiger partial charge in [0.25, 0.3) is 5.69 Å². The Morgan fingerprint density at radius 2 is 2.15 bits per heavy atom. The van der Waals surface area contributed by atoms with E-state index in [1.807, 2.05) is 12.1 Å². The van der Waals surface area contributed by atoms with Gasteiger partial charge in [-0.1, -0.05) is 15.9 Å². The molecule has 8 heteroatoms. The topological polar surface area (TPSA) is 109 Å². The Bertz CT molecular complexity index is 769. The number of rotatable bonds is 3. The van der Waals surface area contributed by atoms with E-state index in [1.54, 1.807) is 6.07 Å². The van der Waals surface area contributed by atoms with Gasteiger partial charge in [-0.05, 0) is 11.6 Å². The lowest BCUT2D eigenvalue weighted by Crippen LogP contribution is -2.02. The highest BCUT2D eigenvalue weighted by atomic mass is 79.9. The Kier molecular flexibility index (Phi) is 3.78. The molecule has 0 bridgehead atoms. The van der Waals surface area contributed by atoms with E-state index in [0.717, 1.165) is 5.56 Å². The molecule has 20 heavy (non-hydrogen) atoms. The number of nitrogens with zero attached hydrogens (tertiary/aromatic N) is 5. The van der Waals surface area contributed by atoms with Crippen LogP contribution in [-0.4, -0.2) is 14.5 Å². The van der Waals surface area contributed by atoms with Crippen LogP contribution in [0.3, 0.4) is 0 Å². The van der Waals surface area contributed by atoms with Crippen LogP contribution in [0.25, 0.3) is 0 Å². The highest BCUT2D eigenvalue weighted by Crippen LogP contribution is 2.24. The van der Waals surface area contributed by atoms with Crippen molar-refractivity contribution in [2.24, 2.45) is 0 Å². The molecule has 0 aliphatic heterocycles. The van der Waals surface area contributed by atoms with Gasteiger partial charge >= 0.3 is 0 Å². The maximum Gasteiger partial charge on any atom is 0.270 e. The minimum Gasteiger partial charge on any atom is -0.317 e. The van der Waals surface area contributed by atoms with Crippen molar-refractivity contribution in [3.63, 3.8) is 0 Å². The van der Waals surface area contributed by atoms with Crippen molar-refractivity contribution in [1.82, 2.24) is 9.55 Å². The third-order valence-electron chi connectivity index (χ3n) is 2.64. The van der Waals surface area contributed by atoms with Crippen LogP contribution in [0.2, 0.25) is 0 Å². The quantitative estimate of drug-likeness (QED) is 0.633. The SMILES string of the molecule is N#Cc1ncn(Cc2ccc([N+](=O)[O-])cc2Br)c1C#N. The van der Waals surface area contributed by atoms with Crippen molar-refractivity contribution in [2.75, 3.05) is 0 Å². The fraction of sp³-hybridized carbons (Fsp3) is 0.0833. The van der Waals surface area contributed by atoms with Gasteiger partial charge in [0, 0.05) is 16.6 Å². The largest absolute Gasteiger partial charge is 0.317 e. The van der Waals surface area contributed by atoms with Crippen molar-refractivity contribution < 1.29 is 4.92 Å². The molecule has 2 rings (SSSR count). The molecule has 1 heterocycles. The van der Waals surface area contributed by atoms with Crippen LogP contribution in [-0.2, 0) is 6.54 Å². The molecule has 0 N–H and O–H groups in total. The number of nitro benzene ring substituents is 1. The van der Waals surface area contributed by atoms with Crippen LogP contribution in [0.4, 0.5) is 5.69 Å². The maximum absolute atomic E-state index is 10.7. The molecular weight excluding hydrogens is 326 g/mol. The third-order valence-corrected chi connectivity index (χ3v) is 3.38. The number of imidazole rings is 1. The monoisotopic (exact) mass is 331 g/mol. The molecule has 0 spiro atoms. The van der Waals surface area contributed by atoms with Gasteiger partial charge in [0.2, 0.25) is 0 Å². The molecule has 1 aromatic carbocycles. The zero-order chi connectivity index (χ0) is 14.7. The van der Waals surface area contributed by atoms with Gasteiger partial charge in [0.1, 0.15) is 12.1 Å².